The fourth-order valence-electron chi connectivity index (χ4n) is 3.82. The molecule has 31 heavy (non-hydrogen) atoms. The Hall–Kier alpha value is -3.30. The lowest BCUT2D eigenvalue weighted by atomic mass is 10.1. The van der Waals surface area contributed by atoms with Crippen LogP contribution in [-0.2, 0) is 22.7 Å². The third-order valence-corrected chi connectivity index (χ3v) is 5.51. The van der Waals surface area contributed by atoms with Crippen LogP contribution in [0.3, 0.4) is 0 Å². The molecule has 0 spiro atoms. The van der Waals surface area contributed by atoms with Gasteiger partial charge in [0, 0.05) is 25.6 Å². The summed E-state index contributed by atoms with van der Waals surface area (Å²) in [5.74, 6) is -0.776. The molecule has 1 aliphatic rings. The van der Waals surface area contributed by atoms with Crippen molar-refractivity contribution in [2.24, 2.45) is 5.92 Å². The summed E-state index contributed by atoms with van der Waals surface area (Å²) in [4.78, 5) is 56.1. The fourth-order valence-corrected chi connectivity index (χ4v) is 3.82. The van der Waals surface area contributed by atoms with Gasteiger partial charge < -0.3 is 15.1 Å². The van der Waals surface area contributed by atoms with Crippen molar-refractivity contribution in [3.8, 4) is 0 Å². The lowest BCUT2D eigenvalue weighted by Gasteiger charge is -2.26. The Morgan fingerprint density at radius 2 is 2.10 bits per heavy atom. The fraction of sp³-hybridized carbons (Fsp3) is 0.524. The summed E-state index contributed by atoms with van der Waals surface area (Å²) in [6, 6.07) is 3.32. The lowest BCUT2D eigenvalue weighted by Crippen LogP contribution is -2.43. The zero-order valence-electron chi connectivity index (χ0n) is 18.1. The predicted octanol–water partition coefficient (Wildman–Crippen LogP) is 1.30. The molecule has 1 fully saturated rings. The van der Waals surface area contributed by atoms with Crippen LogP contribution < -0.4 is 21.9 Å². The molecule has 3 N–H and O–H groups in total. The van der Waals surface area contributed by atoms with Crippen molar-refractivity contribution in [3.05, 3.63) is 45.0 Å². The zero-order chi connectivity index (χ0) is 22.7. The monoisotopic (exact) mass is 431 g/mol. The van der Waals surface area contributed by atoms with Crippen LogP contribution in [0, 0.1) is 5.92 Å². The summed E-state index contributed by atoms with van der Waals surface area (Å²) in [7, 11) is 0. The molecule has 1 aliphatic heterocycles. The number of hydrogen-bond donors (Lipinski definition) is 2. The molecule has 1 unspecified atom stereocenters. The maximum Gasteiger partial charge on any atom is 0.330 e. The number of H-pyrrole nitrogens is 1. The Labute approximate surface area is 179 Å². The molecule has 3 rings (SSSR count). The van der Waals surface area contributed by atoms with Gasteiger partial charge in [-0.05, 0) is 32.4 Å². The average molecular weight is 431 g/mol. The highest BCUT2D eigenvalue weighted by molar-refractivity contribution is 6.00. The van der Waals surface area contributed by atoms with E-state index in [1.54, 1.807) is 17.0 Å². The van der Waals surface area contributed by atoms with Gasteiger partial charge in [-0.2, -0.15) is 0 Å². The van der Waals surface area contributed by atoms with Gasteiger partial charge in [-0.1, -0.05) is 13.3 Å². The highest BCUT2D eigenvalue weighted by atomic mass is 16.3. The number of amides is 2. The number of hydrogen-bond acceptors (Lipinski definition) is 6. The zero-order valence-corrected chi connectivity index (χ0v) is 18.1. The minimum absolute atomic E-state index is 0.0340. The van der Waals surface area contributed by atoms with Crippen molar-refractivity contribution in [1.29, 1.82) is 0 Å². The lowest BCUT2D eigenvalue weighted by molar-refractivity contribution is -0.129. The van der Waals surface area contributed by atoms with Crippen LogP contribution in [0.4, 0.5) is 11.5 Å². The van der Waals surface area contributed by atoms with Crippen LogP contribution in [-0.4, -0.2) is 38.9 Å². The number of rotatable bonds is 8. The van der Waals surface area contributed by atoms with Crippen molar-refractivity contribution < 1.29 is 14.0 Å². The quantitative estimate of drug-likeness (QED) is 0.647. The second-order valence-electron chi connectivity index (χ2n) is 8.04. The first kappa shape index (κ1) is 22.4. The van der Waals surface area contributed by atoms with Crippen LogP contribution in [0.25, 0.3) is 0 Å². The number of nitrogen functional groups attached to an aromatic ring is 1. The number of carbonyl (C=O) groups is 2. The maximum atomic E-state index is 13.5. The topological polar surface area (TPSA) is 135 Å². The second kappa shape index (κ2) is 9.23. The van der Waals surface area contributed by atoms with E-state index in [4.69, 9.17) is 10.2 Å². The SMILES string of the molecule is CCCCn1c(N)c(N(Cc2ccco2)C(=O)C2CC(=O)N(C(C)C)C2)c(=O)[nH]c1=O. The normalized spacial score (nSPS) is 16.3. The number of unbranched alkanes of at least 4 members (excludes halogenated alkanes) is 1. The number of carbonyl (C=O) groups excluding carboxylic acids is 2. The predicted molar refractivity (Wildman–Crippen MR) is 115 cm³/mol. The third-order valence-electron chi connectivity index (χ3n) is 5.51. The highest BCUT2D eigenvalue weighted by Crippen LogP contribution is 2.27. The average Bonchev–Trinajstić information content (AvgIpc) is 3.35. The molecular weight excluding hydrogens is 402 g/mol. The van der Waals surface area contributed by atoms with Crippen molar-refractivity contribution >= 4 is 23.3 Å². The Balaban J connectivity index is 2.04. The maximum absolute atomic E-state index is 13.5. The van der Waals surface area contributed by atoms with Gasteiger partial charge in [0.1, 0.15) is 11.6 Å². The van der Waals surface area contributed by atoms with Gasteiger partial charge in [0.15, 0.2) is 5.69 Å². The highest BCUT2D eigenvalue weighted by Gasteiger charge is 2.39. The molecule has 1 saturated heterocycles. The van der Waals surface area contributed by atoms with Crippen LogP contribution in [0.1, 0.15) is 45.8 Å². The first-order chi connectivity index (χ1) is 14.7. The van der Waals surface area contributed by atoms with E-state index >= 15 is 0 Å². The van der Waals surface area contributed by atoms with Gasteiger partial charge >= 0.3 is 5.69 Å². The minimum atomic E-state index is -0.750. The smallest absolute Gasteiger partial charge is 0.330 e. The summed E-state index contributed by atoms with van der Waals surface area (Å²) in [5, 5.41) is 0. The molecule has 3 heterocycles. The van der Waals surface area contributed by atoms with E-state index in [1.165, 1.54) is 15.7 Å². The third kappa shape index (κ3) is 4.57. The molecule has 10 heteroatoms. The summed E-state index contributed by atoms with van der Waals surface area (Å²) in [6.45, 7) is 6.28. The first-order valence-corrected chi connectivity index (χ1v) is 10.5. The molecule has 0 radical (unpaired) electrons. The molecule has 10 nitrogen and oxygen atoms in total. The second-order valence-corrected chi connectivity index (χ2v) is 8.04. The largest absolute Gasteiger partial charge is 0.467 e. The molecular formula is C21H29N5O5. The van der Waals surface area contributed by atoms with E-state index in [0.29, 0.717) is 18.7 Å². The molecule has 2 aromatic heterocycles. The number of anilines is 2. The van der Waals surface area contributed by atoms with Crippen molar-refractivity contribution in [1.82, 2.24) is 14.5 Å². The van der Waals surface area contributed by atoms with E-state index in [0.717, 1.165) is 6.42 Å². The van der Waals surface area contributed by atoms with Crippen LogP contribution in [0.15, 0.2) is 32.4 Å². The van der Waals surface area contributed by atoms with Gasteiger partial charge in [0.25, 0.3) is 5.56 Å². The van der Waals surface area contributed by atoms with Crippen LogP contribution in [0.2, 0.25) is 0 Å². The molecule has 168 valence electrons. The van der Waals surface area contributed by atoms with Gasteiger partial charge in [-0.3, -0.25) is 28.8 Å². The number of aromatic nitrogens is 2. The molecule has 2 aromatic rings. The van der Waals surface area contributed by atoms with E-state index in [2.05, 4.69) is 4.98 Å². The van der Waals surface area contributed by atoms with E-state index in [1.807, 2.05) is 20.8 Å². The van der Waals surface area contributed by atoms with Crippen molar-refractivity contribution in [3.63, 3.8) is 0 Å². The molecule has 2 amide bonds. The van der Waals surface area contributed by atoms with E-state index < -0.39 is 23.1 Å². The van der Waals surface area contributed by atoms with Crippen molar-refractivity contribution in [2.45, 2.75) is 59.2 Å². The number of nitrogens with two attached hydrogens (primary N) is 1. The summed E-state index contributed by atoms with van der Waals surface area (Å²) in [5.41, 5.74) is 4.76. The molecule has 1 atom stereocenters. The minimum Gasteiger partial charge on any atom is -0.467 e. The Bertz CT molecular complexity index is 1050. The number of nitrogens with one attached hydrogen (secondary N) is 1. The molecule has 0 bridgehead atoms. The Kier molecular flexibility index (Phi) is 6.67. The summed E-state index contributed by atoms with van der Waals surface area (Å²) < 4.78 is 6.65. The summed E-state index contributed by atoms with van der Waals surface area (Å²) >= 11 is 0. The number of aromatic amines is 1. The molecule has 0 saturated carbocycles. The van der Waals surface area contributed by atoms with Gasteiger partial charge in [0.2, 0.25) is 11.8 Å². The van der Waals surface area contributed by atoms with Crippen LogP contribution >= 0.6 is 0 Å². The molecule has 0 aromatic carbocycles. The van der Waals surface area contributed by atoms with E-state index in [9.17, 15) is 19.2 Å². The van der Waals surface area contributed by atoms with E-state index in [-0.39, 0.29) is 43.0 Å². The van der Waals surface area contributed by atoms with Gasteiger partial charge in [-0.15, -0.1) is 0 Å². The Morgan fingerprint density at radius 3 is 2.68 bits per heavy atom. The number of furan rings is 1. The van der Waals surface area contributed by atoms with Crippen molar-refractivity contribution in [2.75, 3.05) is 17.2 Å². The molecule has 0 aliphatic carbocycles. The van der Waals surface area contributed by atoms with Crippen LogP contribution in [0.5, 0.6) is 0 Å². The number of likely N-dealkylation sites (tertiary alicyclic amines) is 1. The summed E-state index contributed by atoms with van der Waals surface area (Å²) in [6.07, 6.45) is 3.03. The number of nitrogens with zero attached hydrogens (tertiary/aromatic N) is 3. The first-order valence-electron chi connectivity index (χ1n) is 10.5. The Morgan fingerprint density at radius 1 is 1.35 bits per heavy atom. The van der Waals surface area contributed by atoms with Gasteiger partial charge in [-0.25, -0.2) is 4.79 Å². The standard InChI is InChI=1S/C21H29N5O5/c1-4-5-8-24-18(22)17(19(28)23-21(24)30)26(12-15-7-6-9-31-15)20(29)14-10-16(27)25(11-14)13(2)3/h6-7,9,13-14H,4-5,8,10-12,22H2,1-3H3,(H,23,28,30). The van der Waals surface area contributed by atoms with Gasteiger partial charge in [0.05, 0.1) is 18.7 Å².